The number of benzene rings is 2. The maximum atomic E-state index is 13.0. The summed E-state index contributed by atoms with van der Waals surface area (Å²) in [5.74, 6) is -1.26. The predicted molar refractivity (Wildman–Crippen MR) is 90.5 cm³/mol. The Morgan fingerprint density at radius 3 is 2.21 bits per heavy atom. The minimum atomic E-state index is -0.395. The van der Waals surface area contributed by atoms with Crippen LogP contribution in [0, 0.1) is 5.82 Å². The first kappa shape index (κ1) is 17.7. The molecule has 2 aromatic rings. The molecule has 4 nitrogen and oxygen atoms in total. The third kappa shape index (κ3) is 4.41. The summed E-state index contributed by atoms with van der Waals surface area (Å²) in [5.41, 5.74) is 1.79. The summed E-state index contributed by atoms with van der Waals surface area (Å²) >= 11 is 0. The van der Waals surface area contributed by atoms with Gasteiger partial charge in [0, 0.05) is 5.69 Å². The summed E-state index contributed by atoms with van der Waals surface area (Å²) in [7, 11) is 0. The number of amides is 1. The Hall–Kier alpha value is -2.69. The summed E-state index contributed by atoms with van der Waals surface area (Å²) in [6, 6.07) is 12.4. The number of hydrogen-bond acceptors (Lipinski definition) is 3. The summed E-state index contributed by atoms with van der Waals surface area (Å²) in [6.45, 7) is 3.96. The molecule has 5 heteroatoms. The normalized spacial score (nSPS) is 11.6. The third-order valence-corrected chi connectivity index (χ3v) is 3.66. The molecule has 2 aromatic carbocycles. The number of ether oxygens (including phenoxy) is 1. The second-order valence-electron chi connectivity index (χ2n) is 5.30. The van der Waals surface area contributed by atoms with Gasteiger partial charge in [-0.3, -0.25) is 4.79 Å². The Balaban J connectivity index is 2.07. The number of halogens is 1. The fourth-order valence-corrected chi connectivity index (χ4v) is 2.40. The molecule has 126 valence electrons. The molecule has 0 aromatic heterocycles. The molecule has 0 aliphatic carbocycles. The van der Waals surface area contributed by atoms with Crippen LogP contribution in [-0.4, -0.2) is 18.5 Å². The molecule has 0 spiro atoms. The third-order valence-electron chi connectivity index (χ3n) is 3.66. The van der Waals surface area contributed by atoms with Crippen molar-refractivity contribution in [3.8, 4) is 0 Å². The molecule has 1 N–H and O–H groups in total. The first-order valence-electron chi connectivity index (χ1n) is 7.88. The molecule has 2 rings (SSSR count). The number of carbonyl (C=O) groups is 2. The van der Waals surface area contributed by atoms with Gasteiger partial charge < -0.3 is 10.1 Å². The highest BCUT2D eigenvalue weighted by Crippen LogP contribution is 2.22. The second kappa shape index (κ2) is 8.24. The molecule has 0 heterocycles. The summed E-state index contributed by atoms with van der Waals surface area (Å²) in [4.78, 5) is 24.1. The van der Waals surface area contributed by atoms with E-state index < -0.39 is 5.97 Å². The molecule has 1 atom stereocenters. The lowest BCUT2D eigenvalue weighted by Gasteiger charge is -2.15. The zero-order valence-corrected chi connectivity index (χ0v) is 13.7. The van der Waals surface area contributed by atoms with Crippen LogP contribution in [0.1, 0.15) is 42.1 Å². The molecule has 0 saturated carbocycles. The zero-order valence-electron chi connectivity index (χ0n) is 13.7. The summed E-state index contributed by atoms with van der Waals surface area (Å²) in [5, 5.41) is 2.82. The molecule has 0 saturated heterocycles. The smallest absolute Gasteiger partial charge is 0.338 e. The average molecular weight is 329 g/mol. The number of anilines is 1. The van der Waals surface area contributed by atoms with Gasteiger partial charge in [0.15, 0.2) is 0 Å². The second-order valence-corrected chi connectivity index (χ2v) is 5.30. The van der Waals surface area contributed by atoms with E-state index in [1.807, 2.05) is 6.92 Å². The van der Waals surface area contributed by atoms with Gasteiger partial charge in [0.1, 0.15) is 5.82 Å². The number of esters is 1. The summed E-state index contributed by atoms with van der Waals surface area (Å²) in [6.07, 6.45) is 0.596. The maximum Gasteiger partial charge on any atom is 0.338 e. The van der Waals surface area contributed by atoms with Crippen LogP contribution in [0.5, 0.6) is 0 Å². The SMILES string of the molecule is CCOC(=O)c1ccc(NC(=O)C(CC)c2ccc(F)cc2)cc1. The molecule has 0 aliphatic rings. The van der Waals surface area contributed by atoms with Gasteiger partial charge in [0.05, 0.1) is 18.1 Å². The van der Waals surface area contributed by atoms with E-state index in [4.69, 9.17) is 4.74 Å². The molecule has 24 heavy (non-hydrogen) atoms. The lowest BCUT2D eigenvalue weighted by Crippen LogP contribution is -2.20. The van der Waals surface area contributed by atoms with E-state index >= 15 is 0 Å². The highest BCUT2D eigenvalue weighted by atomic mass is 19.1. The van der Waals surface area contributed by atoms with E-state index in [9.17, 15) is 14.0 Å². The van der Waals surface area contributed by atoms with Crippen molar-refractivity contribution in [2.75, 3.05) is 11.9 Å². The Labute approximate surface area is 140 Å². The van der Waals surface area contributed by atoms with Gasteiger partial charge in [-0.15, -0.1) is 0 Å². The molecule has 1 amide bonds. The molecule has 0 bridgehead atoms. The van der Waals surface area contributed by atoms with Crippen molar-refractivity contribution >= 4 is 17.6 Å². The maximum absolute atomic E-state index is 13.0. The minimum absolute atomic E-state index is 0.173. The zero-order chi connectivity index (χ0) is 17.5. The monoisotopic (exact) mass is 329 g/mol. The number of rotatable bonds is 6. The molecule has 0 radical (unpaired) electrons. The van der Waals surface area contributed by atoms with Gasteiger partial charge >= 0.3 is 5.97 Å². The van der Waals surface area contributed by atoms with E-state index in [1.165, 1.54) is 12.1 Å². The lowest BCUT2D eigenvalue weighted by molar-refractivity contribution is -0.117. The van der Waals surface area contributed by atoms with Crippen LogP contribution in [-0.2, 0) is 9.53 Å². The van der Waals surface area contributed by atoms with Crippen LogP contribution in [0.3, 0.4) is 0 Å². The Kier molecular flexibility index (Phi) is 6.07. The van der Waals surface area contributed by atoms with Crippen molar-refractivity contribution in [2.45, 2.75) is 26.2 Å². The predicted octanol–water partition coefficient (Wildman–Crippen LogP) is 4.13. The van der Waals surface area contributed by atoms with Crippen LogP contribution in [0.15, 0.2) is 48.5 Å². The van der Waals surface area contributed by atoms with Crippen molar-refractivity contribution in [1.82, 2.24) is 0 Å². The topological polar surface area (TPSA) is 55.4 Å². The fourth-order valence-electron chi connectivity index (χ4n) is 2.40. The van der Waals surface area contributed by atoms with Gasteiger partial charge in [-0.25, -0.2) is 9.18 Å². The van der Waals surface area contributed by atoms with Gasteiger partial charge in [-0.05, 0) is 55.3 Å². The largest absolute Gasteiger partial charge is 0.462 e. The van der Waals surface area contributed by atoms with Crippen molar-refractivity contribution in [1.29, 1.82) is 0 Å². The van der Waals surface area contributed by atoms with Gasteiger partial charge in [0.2, 0.25) is 5.91 Å². The summed E-state index contributed by atoms with van der Waals surface area (Å²) < 4.78 is 17.9. The van der Waals surface area contributed by atoms with E-state index in [0.29, 0.717) is 24.3 Å². The van der Waals surface area contributed by atoms with Crippen LogP contribution in [0.25, 0.3) is 0 Å². The van der Waals surface area contributed by atoms with Crippen LogP contribution >= 0.6 is 0 Å². The molecule has 0 fully saturated rings. The Morgan fingerprint density at radius 1 is 1.04 bits per heavy atom. The highest BCUT2D eigenvalue weighted by molar-refractivity contribution is 5.96. The number of hydrogen-bond donors (Lipinski definition) is 1. The van der Waals surface area contributed by atoms with E-state index in [0.717, 1.165) is 5.56 Å². The van der Waals surface area contributed by atoms with Gasteiger partial charge in [0.25, 0.3) is 0 Å². The highest BCUT2D eigenvalue weighted by Gasteiger charge is 2.19. The molecule has 1 unspecified atom stereocenters. The first-order chi connectivity index (χ1) is 11.5. The van der Waals surface area contributed by atoms with Crippen LogP contribution < -0.4 is 5.32 Å². The van der Waals surface area contributed by atoms with E-state index in [1.54, 1.807) is 43.3 Å². The minimum Gasteiger partial charge on any atom is -0.462 e. The number of nitrogens with one attached hydrogen (secondary N) is 1. The van der Waals surface area contributed by atoms with Crippen molar-refractivity contribution in [2.24, 2.45) is 0 Å². The van der Waals surface area contributed by atoms with E-state index in [2.05, 4.69) is 5.32 Å². The standard InChI is InChI=1S/C19H20FNO3/c1-3-17(13-5-9-15(20)10-6-13)18(22)21-16-11-7-14(8-12-16)19(23)24-4-2/h5-12,17H,3-4H2,1-2H3,(H,21,22). The Morgan fingerprint density at radius 2 is 1.67 bits per heavy atom. The first-order valence-corrected chi connectivity index (χ1v) is 7.88. The van der Waals surface area contributed by atoms with Gasteiger partial charge in [-0.1, -0.05) is 19.1 Å². The van der Waals surface area contributed by atoms with Crippen molar-refractivity contribution < 1.29 is 18.7 Å². The fraction of sp³-hybridized carbons (Fsp3) is 0.263. The van der Waals surface area contributed by atoms with Crippen molar-refractivity contribution in [3.63, 3.8) is 0 Å². The molecule has 0 aliphatic heterocycles. The number of carbonyl (C=O) groups excluding carboxylic acids is 2. The van der Waals surface area contributed by atoms with Gasteiger partial charge in [-0.2, -0.15) is 0 Å². The van der Waals surface area contributed by atoms with E-state index in [-0.39, 0.29) is 17.6 Å². The Bertz CT molecular complexity index is 696. The molecular formula is C19H20FNO3. The molecular weight excluding hydrogens is 309 g/mol. The lowest BCUT2D eigenvalue weighted by atomic mass is 9.95. The quantitative estimate of drug-likeness (QED) is 0.811. The average Bonchev–Trinajstić information content (AvgIpc) is 2.58. The van der Waals surface area contributed by atoms with Crippen molar-refractivity contribution in [3.05, 3.63) is 65.5 Å². The van der Waals surface area contributed by atoms with Crippen LogP contribution in [0.4, 0.5) is 10.1 Å². The van der Waals surface area contributed by atoms with Crippen LogP contribution in [0.2, 0.25) is 0 Å².